The Hall–Kier alpha value is -2.01. The number of rotatable bonds is 6. The van der Waals surface area contributed by atoms with Crippen LogP contribution < -0.4 is 10.1 Å². The molecule has 1 aromatic carbocycles. The van der Waals surface area contributed by atoms with Gasteiger partial charge in [0.25, 0.3) is 0 Å². The van der Waals surface area contributed by atoms with E-state index in [1.165, 1.54) is 0 Å². The van der Waals surface area contributed by atoms with Gasteiger partial charge in [-0.05, 0) is 31.2 Å². The predicted molar refractivity (Wildman–Crippen MR) is 72.7 cm³/mol. The third-order valence-corrected chi connectivity index (χ3v) is 2.64. The molecule has 2 aromatic rings. The summed E-state index contributed by atoms with van der Waals surface area (Å²) in [5.74, 6) is -0.851. The van der Waals surface area contributed by atoms with Crippen molar-refractivity contribution < 1.29 is 13.5 Å². The van der Waals surface area contributed by atoms with Crippen molar-refractivity contribution in [3.05, 3.63) is 53.9 Å². The summed E-state index contributed by atoms with van der Waals surface area (Å²) >= 11 is 0. The number of halogens is 2. The molecule has 0 aliphatic rings. The Morgan fingerprint density at radius 2 is 2.05 bits per heavy atom. The maximum atomic E-state index is 13.5. The van der Waals surface area contributed by atoms with Crippen molar-refractivity contribution in [2.75, 3.05) is 6.54 Å². The van der Waals surface area contributed by atoms with E-state index in [4.69, 9.17) is 4.74 Å². The van der Waals surface area contributed by atoms with Crippen LogP contribution in [0.4, 0.5) is 8.78 Å². The zero-order valence-corrected chi connectivity index (χ0v) is 11.2. The second-order valence-electron chi connectivity index (χ2n) is 4.34. The van der Waals surface area contributed by atoms with Gasteiger partial charge in [-0.15, -0.1) is 0 Å². The summed E-state index contributed by atoms with van der Waals surface area (Å²) in [7, 11) is 0. The van der Waals surface area contributed by atoms with E-state index < -0.39 is 11.6 Å². The van der Waals surface area contributed by atoms with Crippen LogP contribution in [0.2, 0.25) is 0 Å². The van der Waals surface area contributed by atoms with Crippen LogP contribution in [0.15, 0.2) is 36.5 Å². The molecule has 0 bridgehead atoms. The average Bonchev–Trinajstić information content (AvgIpc) is 2.44. The molecule has 3 nitrogen and oxygen atoms in total. The Kier molecular flexibility index (Phi) is 5.01. The molecule has 0 fully saturated rings. The zero-order valence-electron chi connectivity index (χ0n) is 11.2. The molecule has 0 unspecified atom stereocenters. The van der Waals surface area contributed by atoms with Gasteiger partial charge in [0.1, 0.15) is 11.6 Å². The monoisotopic (exact) mass is 278 g/mol. The van der Waals surface area contributed by atoms with Crippen molar-refractivity contribution in [1.29, 1.82) is 0 Å². The number of hydrogen-bond acceptors (Lipinski definition) is 3. The van der Waals surface area contributed by atoms with Crippen LogP contribution in [0, 0.1) is 11.6 Å². The molecule has 1 N–H and O–H groups in total. The van der Waals surface area contributed by atoms with Crippen molar-refractivity contribution in [3.8, 4) is 11.5 Å². The summed E-state index contributed by atoms with van der Waals surface area (Å²) in [5.41, 5.74) is 0.785. The maximum Gasteiger partial charge on any atom is 0.165 e. The molecule has 1 heterocycles. The van der Waals surface area contributed by atoms with Gasteiger partial charge >= 0.3 is 0 Å². The normalized spacial score (nSPS) is 10.6. The molecule has 0 atom stereocenters. The Balaban J connectivity index is 2.09. The fourth-order valence-corrected chi connectivity index (χ4v) is 1.69. The van der Waals surface area contributed by atoms with Crippen LogP contribution in [-0.4, -0.2) is 11.5 Å². The van der Waals surface area contributed by atoms with Crippen molar-refractivity contribution >= 4 is 0 Å². The highest BCUT2D eigenvalue weighted by Crippen LogP contribution is 2.25. The predicted octanol–water partition coefficient (Wildman–Crippen LogP) is 3.65. The van der Waals surface area contributed by atoms with Gasteiger partial charge in [-0.1, -0.05) is 6.92 Å². The molecule has 0 amide bonds. The highest BCUT2D eigenvalue weighted by molar-refractivity contribution is 5.32. The fourth-order valence-electron chi connectivity index (χ4n) is 1.69. The van der Waals surface area contributed by atoms with Gasteiger partial charge in [0.15, 0.2) is 11.6 Å². The van der Waals surface area contributed by atoms with E-state index in [-0.39, 0.29) is 5.75 Å². The Morgan fingerprint density at radius 1 is 1.20 bits per heavy atom. The molecule has 5 heteroatoms. The molecular weight excluding hydrogens is 262 g/mol. The van der Waals surface area contributed by atoms with E-state index in [0.717, 1.165) is 36.9 Å². The lowest BCUT2D eigenvalue weighted by molar-refractivity contribution is 0.435. The van der Waals surface area contributed by atoms with Gasteiger partial charge in [0.2, 0.25) is 0 Å². The summed E-state index contributed by atoms with van der Waals surface area (Å²) in [6.07, 6.45) is 2.61. The van der Waals surface area contributed by atoms with Crippen LogP contribution in [0.1, 0.15) is 19.0 Å². The lowest BCUT2D eigenvalue weighted by Crippen LogP contribution is -2.14. The number of nitrogens with zero attached hydrogens (tertiary/aromatic N) is 1. The largest absolute Gasteiger partial charge is 0.454 e. The molecule has 0 radical (unpaired) electrons. The molecule has 0 aliphatic heterocycles. The minimum atomic E-state index is -0.603. The van der Waals surface area contributed by atoms with E-state index in [0.29, 0.717) is 12.3 Å². The van der Waals surface area contributed by atoms with Gasteiger partial charge < -0.3 is 10.1 Å². The molecule has 2 rings (SSSR count). The van der Waals surface area contributed by atoms with Gasteiger partial charge in [-0.25, -0.2) is 8.78 Å². The van der Waals surface area contributed by atoms with Crippen molar-refractivity contribution in [3.63, 3.8) is 0 Å². The van der Waals surface area contributed by atoms with Crippen LogP contribution >= 0.6 is 0 Å². The summed E-state index contributed by atoms with van der Waals surface area (Å²) < 4.78 is 31.9. The molecule has 106 valence electrons. The van der Waals surface area contributed by atoms with Crippen molar-refractivity contribution in [1.82, 2.24) is 10.3 Å². The SMILES string of the molecule is CCCNCc1cc(Oc2cc(F)ccc2F)ccn1. The number of aromatic nitrogens is 1. The van der Waals surface area contributed by atoms with E-state index >= 15 is 0 Å². The standard InChI is InChI=1S/C15H16F2N2O/c1-2-6-18-10-12-9-13(5-7-19-12)20-15-8-11(16)3-4-14(15)17/h3-5,7-9,18H,2,6,10H2,1H3. The molecular formula is C15H16F2N2O. The average molecular weight is 278 g/mol. The van der Waals surface area contributed by atoms with E-state index in [9.17, 15) is 8.78 Å². The minimum Gasteiger partial charge on any atom is -0.454 e. The lowest BCUT2D eigenvalue weighted by atomic mass is 10.3. The Morgan fingerprint density at radius 3 is 2.85 bits per heavy atom. The number of ether oxygens (including phenoxy) is 1. The summed E-state index contributed by atoms with van der Waals surface area (Å²) in [5, 5.41) is 3.21. The smallest absolute Gasteiger partial charge is 0.165 e. The Labute approximate surface area is 116 Å². The molecule has 0 spiro atoms. The number of nitrogens with one attached hydrogen (secondary N) is 1. The van der Waals surface area contributed by atoms with Gasteiger partial charge in [0, 0.05) is 24.9 Å². The molecule has 20 heavy (non-hydrogen) atoms. The first-order valence-electron chi connectivity index (χ1n) is 6.47. The summed E-state index contributed by atoms with van der Waals surface area (Å²) in [4.78, 5) is 4.18. The van der Waals surface area contributed by atoms with Gasteiger partial charge in [0.05, 0.1) is 5.69 Å². The zero-order chi connectivity index (χ0) is 14.4. The second kappa shape index (κ2) is 6.96. The van der Waals surface area contributed by atoms with Crippen molar-refractivity contribution in [2.45, 2.75) is 19.9 Å². The van der Waals surface area contributed by atoms with Crippen LogP contribution in [0.25, 0.3) is 0 Å². The van der Waals surface area contributed by atoms with Crippen molar-refractivity contribution in [2.24, 2.45) is 0 Å². The molecule has 0 saturated heterocycles. The highest BCUT2D eigenvalue weighted by Gasteiger charge is 2.07. The molecule has 0 saturated carbocycles. The first kappa shape index (κ1) is 14.4. The van der Waals surface area contributed by atoms with Gasteiger partial charge in [-0.2, -0.15) is 0 Å². The lowest BCUT2D eigenvalue weighted by Gasteiger charge is -2.08. The third kappa shape index (κ3) is 3.99. The number of pyridine rings is 1. The summed E-state index contributed by atoms with van der Waals surface area (Å²) in [6.45, 7) is 3.58. The first-order chi connectivity index (χ1) is 9.69. The Bertz CT molecular complexity index is 576. The van der Waals surface area contributed by atoms with Crippen LogP contribution in [0.5, 0.6) is 11.5 Å². The fraction of sp³-hybridized carbons (Fsp3) is 0.267. The topological polar surface area (TPSA) is 34.1 Å². The maximum absolute atomic E-state index is 13.5. The number of benzene rings is 1. The van der Waals surface area contributed by atoms with E-state index in [1.54, 1.807) is 18.3 Å². The quantitative estimate of drug-likeness (QED) is 0.819. The second-order valence-corrected chi connectivity index (χ2v) is 4.34. The molecule has 0 aliphatic carbocycles. The third-order valence-electron chi connectivity index (χ3n) is 2.64. The summed E-state index contributed by atoms with van der Waals surface area (Å²) in [6, 6.07) is 6.41. The minimum absolute atomic E-state index is 0.135. The number of hydrogen-bond donors (Lipinski definition) is 1. The van der Waals surface area contributed by atoms with Crippen LogP contribution in [-0.2, 0) is 6.54 Å². The molecule has 1 aromatic heterocycles. The van der Waals surface area contributed by atoms with Gasteiger partial charge in [-0.3, -0.25) is 4.98 Å². The van der Waals surface area contributed by atoms with E-state index in [1.807, 2.05) is 0 Å². The highest BCUT2D eigenvalue weighted by atomic mass is 19.1. The van der Waals surface area contributed by atoms with E-state index in [2.05, 4.69) is 17.2 Å². The first-order valence-corrected chi connectivity index (χ1v) is 6.47. The van der Waals surface area contributed by atoms with Crippen LogP contribution in [0.3, 0.4) is 0 Å².